The summed E-state index contributed by atoms with van der Waals surface area (Å²) in [7, 11) is 0. The molecule has 19 heavy (non-hydrogen) atoms. The maximum atomic E-state index is 11.7. The van der Waals surface area contributed by atoms with Crippen LogP contribution in [0.3, 0.4) is 0 Å². The van der Waals surface area contributed by atoms with Gasteiger partial charge in [0.15, 0.2) is 0 Å². The molecule has 0 aromatic heterocycles. The molecule has 0 saturated carbocycles. The van der Waals surface area contributed by atoms with E-state index in [2.05, 4.69) is 14.2 Å². The van der Waals surface area contributed by atoms with Crippen LogP contribution < -0.4 is 0 Å². The number of ether oxygens (including phenoxy) is 4. The van der Waals surface area contributed by atoms with Crippen molar-refractivity contribution >= 4 is 17.9 Å². The molecule has 10 heteroatoms. The molecular formula is C9H10O10. The second-order valence-electron chi connectivity index (χ2n) is 3.81. The van der Waals surface area contributed by atoms with Gasteiger partial charge in [-0.2, -0.15) is 0 Å². The van der Waals surface area contributed by atoms with Crippen molar-refractivity contribution < 1.29 is 48.7 Å². The number of carbonyl (C=O) groups excluding carboxylic acids is 3. The summed E-state index contributed by atoms with van der Waals surface area (Å²) in [6.07, 6.45) is -1.72. The fraction of sp³-hybridized carbons (Fsp3) is 0.667. The molecule has 0 aliphatic carbocycles. The third kappa shape index (κ3) is 1.85. The van der Waals surface area contributed by atoms with E-state index in [0.29, 0.717) is 0 Å². The first-order valence-corrected chi connectivity index (χ1v) is 5.13. The molecule has 0 spiro atoms. The second-order valence-corrected chi connectivity index (χ2v) is 3.81. The van der Waals surface area contributed by atoms with Crippen molar-refractivity contribution in [1.82, 2.24) is 0 Å². The van der Waals surface area contributed by atoms with Gasteiger partial charge < -0.3 is 29.5 Å². The van der Waals surface area contributed by atoms with Crippen LogP contribution in [0.4, 0.5) is 0 Å². The van der Waals surface area contributed by atoms with E-state index in [4.69, 9.17) is 20.1 Å². The molecule has 2 fully saturated rings. The first kappa shape index (κ1) is 13.7. The van der Waals surface area contributed by atoms with Crippen molar-refractivity contribution in [2.45, 2.75) is 17.7 Å². The highest BCUT2D eigenvalue weighted by Crippen LogP contribution is 2.36. The van der Waals surface area contributed by atoms with Crippen molar-refractivity contribution in [3.8, 4) is 0 Å². The summed E-state index contributed by atoms with van der Waals surface area (Å²) in [5, 5.41) is 27.1. The number of esters is 3. The zero-order chi connectivity index (χ0) is 14.3. The number of cyclic esters (lactones) is 1. The maximum absolute atomic E-state index is 11.7. The highest BCUT2D eigenvalue weighted by Gasteiger charge is 2.67. The molecule has 10 nitrogen and oxygen atoms in total. The SMILES string of the molecule is O=C1OC2(CO)OC(CO)(OC2=O)C(=O)OC1CO. The number of aliphatic hydroxyl groups excluding tert-OH is 3. The molecule has 3 atom stereocenters. The third-order valence-corrected chi connectivity index (χ3v) is 2.57. The van der Waals surface area contributed by atoms with Gasteiger partial charge >= 0.3 is 29.5 Å². The molecule has 3 N–H and O–H groups in total. The summed E-state index contributed by atoms with van der Waals surface area (Å²) < 4.78 is 18.4. The van der Waals surface area contributed by atoms with E-state index >= 15 is 0 Å². The standard InChI is InChI=1S/C9H10O10/c10-1-4-5(13)17-9(3-12)7(15)18-8(2-11,19-9)6(14)16-4/h4,10-12H,1-3H2. The largest absolute Gasteiger partial charge is 0.443 e. The van der Waals surface area contributed by atoms with Crippen molar-refractivity contribution in [3.63, 3.8) is 0 Å². The first-order chi connectivity index (χ1) is 8.93. The quantitative estimate of drug-likeness (QED) is 0.349. The molecule has 0 amide bonds. The van der Waals surface area contributed by atoms with Gasteiger partial charge in [0.1, 0.15) is 13.2 Å². The Kier molecular flexibility index (Phi) is 3.18. The summed E-state index contributed by atoms with van der Waals surface area (Å²) in [5.74, 6) is -9.15. The Balaban J connectivity index is 2.46. The minimum atomic E-state index is -2.56. The van der Waals surface area contributed by atoms with Crippen molar-refractivity contribution in [3.05, 3.63) is 0 Å². The monoisotopic (exact) mass is 278 g/mol. The number of aliphatic hydroxyl groups is 3. The fourth-order valence-corrected chi connectivity index (χ4v) is 1.57. The number of carbonyl (C=O) groups is 3. The van der Waals surface area contributed by atoms with E-state index in [1.54, 1.807) is 0 Å². The Hall–Kier alpha value is -1.75. The van der Waals surface area contributed by atoms with E-state index in [9.17, 15) is 14.4 Å². The average molecular weight is 278 g/mol. The van der Waals surface area contributed by atoms with Gasteiger partial charge in [0.2, 0.25) is 6.10 Å². The van der Waals surface area contributed by atoms with Crippen LogP contribution in [0.25, 0.3) is 0 Å². The lowest BCUT2D eigenvalue weighted by atomic mass is 10.2. The highest BCUT2D eigenvalue weighted by atomic mass is 16.9. The van der Waals surface area contributed by atoms with E-state index in [1.165, 1.54) is 0 Å². The van der Waals surface area contributed by atoms with E-state index in [0.717, 1.165) is 0 Å². The molecule has 0 aromatic carbocycles. The van der Waals surface area contributed by atoms with E-state index < -0.39 is 55.4 Å². The van der Waals surface area contributed by atoms with Crippen LogP contribution in [0.15, 0.2) is 0 Å². The Morgan fingerprint density at radius 1 is 0.947 bits per heavy atom. The molecule has 0 aromatic rings. The topological polar surface area (TPSA) is 149 Å². The van der Waals surface area contributed by atoms with Crippen LogP contribution >= 0.6 is 0 Å². The van der Waals surface area contributed by atoms with Crippen LogP contribution in [0.2, 0.25) is 0 Å². The molecule has 2 rings (SSSR count). The predicted molar refractivity (Wildman–Crippen MR) is 49.9 cm³/mol. The maximum Gasteiger partial charge on any atom is 0.385 e. The minimum absolute atomic E-state index is 0.915. The molecule has 2 heterocycles. The van der Waals surface area contributed by atoms with Crippen LogP contribution in [0.1, 0.15) is 0 Å². The molecule has 2 aliphatic rings. The van der Waals surface area contributed by atoms with E-state index in [1.807, 2.05) is 0 Å². The molecule has 0 radical (unpaired) electrons. The number of fused-ring (bicyclic) bond motifs is 2. The van der Waals surface area contributed by atoms with Gasteiger partial charge in [0.05, 0.1) is 6.61 Å². The Bertz CT molecular complexity index is 433. The van der Waals surface area contributed by atoms with Gasteiger partial charge in [-0.1, -0.05) is 0 Å². The number of hydrogen-bond acceptors (Lipinski definition) is 10. The smallest absolute Gasteiger partial charge is 0.385 e. The number of hydrogen-bond donors (Lipinski definition) is 3. The lowest BCUT2D eigenvalue weighted by Crippen LogP contribution is -2.55. The van der Waals surface area contributed by atoms with Crippen molar-refractivity contribution in [2.75, 3.05) is 19.8 Å². The molecule has 2 aliphatic heterocycles. The van der Waals surface area contributed by atoms with E-state index in [-0.39, 0.29) is 0 Å². The lowest BCUT2D eigenvalue weighted by Gasteiger charge is -2.30. The summed E-state index contributed by atoms with van der Waals surface area (Å²) in [5.41, 5.74) is 0. The predicted octanol–water partition coefficient (Wildman–Crippen LogP) is -3.60. The second kappa shape index (κ2) is 4.42. The first-order valence-electron chi connectivity index (χ1n) is 5.13. The molecule has 106 valence electrons. The Morgan fingerprint density at radius 2 is 1.53 bits per heavy atom. The highest BCUT2D eigenvalue weighted by molar-refractivity contribution is 5.93. The third-order valence-electron chi connectivity index (χ3n) is 2.57. The van der Waals surface area contributed by atoms with Gasteiger partial charge in [-0.05, 0) is 0 Å². The van der Waals surface area contributed by atoms with Gasteiger partial charge in [-0.15, -0.1) is 0 Å². The van der Waals surface area contributed by atoms with Gasteiger partial charge in [0, 0.05) is 0 Å². The summed E-state index contributed by atoms with van der Waals surface area (Å²) >= 11 is 0. The average Bonchev–Trinajstić information content (AvgIpc) is 2.70. The zero-order valence-corrected chi connectivity index (χ0v) is 9.40. The zero-order valence-electron chi connectivity index (χ0n) is 9.40. The normalized spacial score (nSPS) is 38.1. The van der Waals surface area contributed by atoms with Crippen LogP contribution in [-0.4, -0.2) is 70.7 Å². The lowest BCUT2D eigenvalue weighted by molar-refractivity contribution is -0.291. The van der Waals surface area contributed by atoms with Gasteiger partial charge in [-0.25, -0.2) is 14.4 Å². The summed E-state index contributed by atoms with van der Waals surface area (Å²) in [4.78, 5) is 34.8. The summed E-state index contributed by atoms with van der Waals surface area (Å²) in [6.45, 7) is -3.17. The summed E-state index contributed by atoms with van der Waals surface area (Å²) in [6, 6.07) is 0. The van der Waals surface area contributed by atoms with Crippen molar-refractivity contribution in [2.24, 2.45) is 0 Å². The van der Waals surface area contributed by atoms with Gasteiger partial charge in [0.25, 0.3) is 0 Å². The molecular weight excluding hydrogens is 268 g/mol. The van der Waals surface area contributed by atoms with Crippen LogP contribution in [-0.2, 0) is 33.3 Å². The minimum Gasteiger partial charge on any atom is -0.443 e. The van der Waals surface area contributed by atoms with Crippen LogP contribution in [0, 0.1) is 0 Å². The van der Waals surface area contributed by atoms with Gasteiger partial charge in [-0.3, -0.25) is 4.74 Å². The van der Waals surface area contributed by atoms with Crippen molar-refractivity contribution in [1.29, 1.82) is 0 Å². The molecule has 2 bridgehead atoms. The number of rotatable bonds is 3. The molecule has 3 unspecified atom stereocenters. The van der Waals surface area contributed by atoms with Crippen LogP contribution in [0.5, 0.6) is 0 Å². The molecule has 2 saturated heterocycles. The fourth-order valence-electron chi connectivity index (χ4n) is 1.57. The Morgan fingerprint density at radius 3 is 2.05 bits per heavy atom. The Labute approximate surface area is 105 Å².